The van der Waals surface area contributed by atoms with E-state index >= 15 is 0 Å². The highest BCUT2D eigenvalue weighted by Gasteiger charge is 2.23. The van der Waals surface area contributed by atoms with E-state index in [9.17, 15) is 4.57 Å². The Morgan fingerprint density at radius 1 is 1.25 bits per heavy atom. The SMILES string of the molecule is CCOP(=O)(NC(C)C)OCC. The molecular formula is C7H18NO3P. The van der Waals surface area contributed by atoms with Crippen LogP contribution in [0.25, 0.3) is 0 Å². The van der Waals surface area contributed by atoms with Crippen LogP contribution in [0.15, 0.2) is 0 Å². The Labute approximate surface area is 74.2 Å². The molecule has 0 bridgehead atoms. The van der Waals surface area contributed by atoms with Gasteiger partial charge in [0.15, 0.2) is 0 Å². The van der Waals surface area contributed by atoms with Gasteiger partial charge in [0.25, 0.3) is 0 Å². The van der Waals surface area contributed by atoms with Crippen LogP contribution < -0.4 is 5.09 Å². The van der Waals surface area contributed by atoms with Gasteiger partial charge in [-0.15, -0.1) is 0 Å². The zero-order valence-electron chi connectivity index (χ0n) is 8.16. The largest absolute Gasteiger partial charge is 0.405 e. The zero-order valence-corrected chi connectivity index (χ0v) is 9.06. The van der Waals surface area contributed by atoms with Crippen molar-refractivity contribution in [3.05, 3.63) is 0 Å². The van der Waals surface area contributed by atoms with Crippen LogP contribution >= 0.6 is 7.75 Å². The highest BCUT2D eigenvalue weighted by molar-refractivity contribution is 7.51. The summed E-state index contributed by atoms with van der Waals surface area (Å²) in [4.78, 5) is 0. The van der Waals surface area contributed by atoms with E-state index in [-0.39, 0.29) is 6.04 Å². The molecule has 0 aliphatic carbocycles. The molecule has 0 amide bonds. The Hall–Kier alpha value is 0.110. The second-order valence-electron chi connectivity index (χ2n) is 2.62. The van der Waals surface area contributed by atoms with Gasteiger partial charge in [-0.25, -0.2) is 9.65 Å². The molecule has 0 atom stereocenters. The van der Waals surface area contributed by atoms with Gasteiger partial charge in [0.1, 0.15) is 0 Å². The van der Waals surface area contributed by atoms with Gasteiger partial charge in [0.05, 0.1) is 13.2 Å². The van der Waals surface area contributed by atoms with Gasteiger partial charge in [0, 0.05) is 6.04 Å². The molecule has 0 aromatic carbocycles. The van der Waals surface area contributed by atoms with Crippen LogP contribution in [-0.4, -0.2) is 19.3 Å². The first kappa shape index (κ1) is 12.1. The van der Waals surface area contributed by atoms with Crippen LogP contribution in [0.1, 0.15) is 27.7 Å². The van der Waals surface area contributed by atoms with Gasteiger partial charge in [-0.3, -0.25) is 9.05 Å². The Balaban J connectivity index is 4.08. The lowest BCUT2D eigenvalue weighted by atomic mass is 10.4. The van der Waals surface area contributed by atoms with E-state index < -0.39 is 7.75 Å². The van der Waals surface area contributed by atoms with E-state index in [1.54, 1.807) is 13.8 Å². The summed E-state index contributed by atoms with van der Waals surface area (Å²) in [7, 11) is -3.03. The average Bonchev–Trinajstić information content (AvgIpc) is 1.85. The molecule has 74 valence electrons. The van der Waals surface area contributed by atoms with E-state index in [4.69, 9.17) is 9.05 Å². The number of nitrogens with one attached hydrogen (secondary N) is 1. The standard InChI is InChI=1S/C7H18NO3P/c1-5-10-12(9,11-6-2)8-7(3)4/h7H,5-6H2,1-4H3,(H,8,9). The monoisotopic (exact) mass is 195 g/mol. The Morgan fingerprint density at radius 2 is 1.67 bits per heavy atom. The van der Waals surface area contributed by atoms with Crippen molar-refractivity contribution < 1.29 is 13.6 Å². The maximum Gasteiger partial charge on any atom is 0.405 e. The van der Waals surface area contributed by atoms with Crippen molar-refractivity contribution in [2.24, 2.45) is 0 Å². The van der Waals surface area contributed by atoms with Crippen LogP contribution in [-0.2, 0) is 13.6 Å². The lowest BCUT2D eigenvalue weighted by molar-refractivity contribution is 0.208. The molecular weight excluding hydrogens is 177 g/mol. The molecule has 4 nitrogen and oxygen atoms in total. The fraction of sp³-hybridized carbons (Fsp3) is 1.00. The Kier molecular flexibility index (Phi) is 5.76. The molecule has 0 rings (SSSR count). The van der Waals surface area contributed by atoms with Crippen molar-refractivity contribution in [2.75, 3.05) is 13.2 Å². The summed E-state index contributed by atoms with van der Waals surface area (Å²) in [5, 5.41) is 2.77. The van der Waals surface area contributed by atoms with Gasteiger partial charge in [-0.2, -0.15) is 0 Å². The minimum absolute atomic E-state index is 0.0916. The first-order valence-electron chi connectivity index (χ1n) is 4.21. The van der Waals surface area contributed by atoms with Gasteiger partial charge < -0.3 is 0 Å². The maximum absolute atomic E-state index is 11.7. The van der Waals surface area contributed by atoms with Crippen LogP contribution in [0.4, 0.5) is 0 Å². The minimum atomic E-state index is -3.03. The first-order valence-corrected chi connectivity index (χ1v) is 5.75. The van der Waals surface area contributed by atoms with Gasteiger partial charge in [-0.1, -0.05) is 0 Å². The summed E-state index contributed by atoms with van der Waals surface area (Å²) in [5.41, 5.74) is 0. The fourth-order valence-electron chi connectivity index (χ4n) is 0.768. The average molecular weight is 195 g/mol. The molecule has 0 unspecified atom stereocenters. The van der Waals surface area contributed by atoms with Gasteiger partial charge in [0.2, 0.25) is 0 Å². The van der Waals surface area contributed by atoms with Crippen molar-refractivity contribution >= 4 is 7.75 Å². The highest BCUT2D eigenvalue weighted by Crippen LogP contribution is 2.43. The lowest BCUT2D eigenvalue weighted by Crippen LogP contribution is -2.22. The van der Waals surface area contributed by atoms with Crippen LogP contribution in [0.5, 0.6) is 0 Å². The summed E-state index contributed by atoms with van der Waals surface area (Å²) >= 11 is 0. The summed E-state index contributed by atoms with van der Waals surface area (Å²) in [6.07, 6.45) is 0. The third kappa shape index (κ3) is 4.88. The van der Waals surface area contributed by atoms with E-state index in [2.05, 4.69) is 5.09 Å². The van der Waals surface area contributed by atoms with Crippen molar-refractivity contribution in [3.8, 4) is 0 Å². The van der Waals surface area contributed by atoms with E-state index in [1.807, 2.05) is 13.8 Å². The van der Waals surface area contributed by atoms with Crippen molar-refractivity contribution in [1.82, 2.24) is 5.09 Å². The molecule has 0 radical (unpaired) electrons. The number of hydrogen-bond acceptors (Lipinski definition) is 3. The van der Waals surface area contributed by atoms with Crippen molar-refractivity contribution in [1.29, 1.82) is 0 Å². The molecule has 0 aromatic heterocycles. The highest BCUT2D eigenvalue weighted by atomic mass is 31.2. The third-order valence-corrected chi connectivity index (χ3v) is 3.04. The Bertz CT molecular complexity index is 151. The van der Waals surface area contributed by atoms with Crippen molar-refractivity contribution in [3.63, 3.8) is 0 Å². The normalized spacial score (nSPS) is 12.4. The maximum atomic E-state index is 11.7. The lowest BCUT2D eigenvalue weighted by Gasteiger charge is -2.19. The van der Waals surface area contributed by atoms with Crippen molar-refractivity contribution in [2.45, 2.75) is 33.7 Å². The van der Waals surface area contributed by atoms with E-state index in [0.29, 0.717) is 13.2 Å². The van der Waals surface area contributed by atoms with Crippen LogP contribution in [0, 0.1) is 0 Å². The summed E-state index contributed by atoms with van der Waals surface area (Å²) in [5.74, 6) is 0. The molecule has 1 N–H and O–H groups in total. The summed E-state index contributed by atoms with van der Waals surface area (Å²) < 4.78 is 21.7. The molecule has 12 heavy (non-hydrogen) atoms. The summed E-state index contributed by atoms with van der Waals surface area (Å²) in [6, 6.07) is 0.0916. The first-order chi connectivity index (χ1) is 5.54. The molecule has 0 heterocycles. The number of hydrogen-bond donors (Lipinski definition) is 1. The van der Waals surface area contributed by atoms with Gasteiger partial charge >= 0.3 is 7.75 Å². The van der Waals surface area contributed by atoms with E-state index in [0.717, 1.165) is 0 Å². The second kappa shape index (κ2) is 5.70. The van der Waals surface area contributed by atoms with Crippen LogP contribution in [0.2, 0.25) is 0 Å². The molecule has 0 spiro atoms. The smallest absolute Gasteiger partial charge is 0.297 e. The molecule has 0 aliphatic heterocycles. The predicted molar refractivity (Wildman–Crippen MR) is 49.1 cm³/mol. The molecule has 0 aliphatic rings. The number of rotatable bonds is 6. The minimum Gasteiger partial charge on any atom is -0.297 e. The second-order valence-corrected chi connectivity index (χ2v) is 4.39. The van der Waals surface area contributed by atoms with E-state index in [1.165, 1.54) is 0 Å². The third-order valence-electron chi connectivity index (χ3n) is 1.01. The fourth-order valence-corrected chi connectivity index (χ4v) is 2.30. The predicted octanol–water partition coefficient (Wildman–Crippen LogP) is 2.17. The molecule has 0 saturated heterocycles. The molecule has 0 fully saturated rings. The Morgan fingerprint density at radius 3 is 1.92 bits per heavy atom. The molecule has 5 heteroatoms. The summed E-state index contributed by atoms with van der Waals surface area (Å²) in [6.45, 7) is 8.13. The molecule has 0 aromatic rings. The van der Waals surface area contributed by atoms with Crippen LogP contribution in [0.3, 0.4) is 0 Å². The van der Waals surface area contributed by atoms with Gasteiger partial charge in [-0.05, 0) is 27.7 Å². The zero-order chi connectivity index (χ0) is 9.61. The molecule has 0 saturated carbocycles. The topological polar surface area (TPSA) is 47.6 Å². The quantitative estimate of drug-likeness (QED) is 0.660.